The maximum atomic E-state index is 13.5. The van der Waals surface area contributed by atoms with Crippen LogP contribution in [-0.2, 0) is 15.6 Å². The van der Waals surface area contributed by atoms with Crippen molar-refractivity contribution < 1.29 is 31.4 Å². The number of benzene rings is 2. The van der Waals surface area contributed by atoms with Gasteiger partial charge in [-0.2, -0.15) is 13.2 Å². The van der Waals surface area contributed by atoms with Gasteiger partial charge in [0, 0.05) is 26.9 Å². The second kappa shape index (κ2) is 9.64. The number of hydrogen-bond donors (Lipinski definition) is 2. The van der Waals surface area contributed by atoms with E-state index < -0.39 is 33.1 Å². The number of halogens is 3. The van der Waals surface area contributed by atoms with E-state index in [1.54, 1.807) is 36.4 Å². The molecular weight excluding hydrogens is 537 g/mol. The number of methoxy groups -OCH3 is 1. The Hall–Kier alpha value is -2.99. The summed E-state index contributed by atoms with van der Waals surface area (Å²) in [7, 11) is -2.07. The Kier molecular flexibility index (Phi) is 6.75. The molecule has 6 nitrogen and oxygen atoms in total. The van der Waals surface area contributed by atoms with Crippen molar-refractivity contribution >= 4 is 31.4 Å². The summed E-state index contributed by atoms with van der Waals surface area (Å²) in [6.07, 6.45) is -2.42. The van der Waals surface area contributed by atoms with Crippen LogP contribution in [-0.4, -0.2) is 37.0 Å². The molecule has 0 aliphatic heterocycles. The number of sulfonamides is 1. The van der Waals surface area contributed by atoms with E-state index in [-0.39, 0.29) is 11.3 Å². The lowest BCUT2D eigenvalue weighted by atomic mass is 9.94. The predicted octanol–water partition coefficient (Wildman–Crippen LogP) is 5.91. The van der Waals surface area contributed by atoms with Crippen LogP contribution in [0.2, 0.25) is 0 Å². The number of ether oxygens (including phenoxy) is 1. The molecule has 200 valence electrons. The third kappa shape index (κ3) is 4.91. The van der Waals surface area contributed by atoms with Crippen LogP contribution in [0.1, 0.15) is 41.8 Å². The Bertz CT molecular complexity index is 1600. The molecule has 0 unspecified atom stereocenters. The van der Waals surface area contributed by atoms with Gasteiger partial charge in [-0.25, -0.2) is 13.1 Å². The number of pyridine rings is 1. The summed E-state index contributed by atoms with van der Waals surface area (Å²) in [5, 5.41) is 10.5. The van der Waals surface area contributed by atoms with Gasteiger partial charge >= 0.3 is 6.18 Å². The molecule has 1 aliphatic rings. The van der Waals surface area contributed by atoms with Gasteiger partial charge in [-0.15, -0.1) is 11.3 Å². The Morgan fingerprint density at radius 3 is 2.53 bits per heavy atom. The number of alkyl halides is 3. The topological polar surface area (TPSA) is 88.5 Å². The third-order valence-corrected chi connectivity index (χ3v) is 9.86. The van der Waals surface area contributed by atoms with E-state index in [0.717, 1.165) is 16.2 Å². The molecule has 4 aromatic rings. The summed E-state index contributed by atoms with van der Waals surface area (Å²) >= 11 is 1.33. The summed E-state index contributed by atoms with van der Waals surface area (Å²) < 4.78 is 75.5. The van der Waals surface area contributed by atoms with Crippen LogP contribution in [0.3, 0.4) is 0 Å². The largest absolute Gasteiger partial charge is 0.496 e. The van der Waals surface area contributed by atoms with E-state index in [9.17, 15) is 26.7 Å². The summed E-state index contributed by atoms with van der Waals surface area (Å²) in [6.45, 7) is 0.708. The average Bonchev–Trinajstić information content (AvgIpc) is 3.66. The maximum Gasteiger partial charge on any atom is 0.421 e. The number of para-hydroxylation sites is 1. The first-order valence-corrected chi connectivity index (χ1v) is 14.2. The summed E-state index contributed by atoms with van der Waals surface area (Å²) in [5.74, 6) is 0.525. The summed E-state index contributed by atoms with van der Waals surface area (Å²) in [5.41, 5.74) is -1.89. The third-order valence-electron chi connectivity index (χ3n) is 6.69. The maximum absolute atomic E-state index is 13.5. The number of hydrogen-bond acceptors (Lipinski definition) is 6. The lowest BCUT2D eigenvalue weighted by molar-refractivity contribution is -0.258. The minimum atomic E-state index is -4.87. The quantitative estimate of drug-likeness (QED) is 0.279. The van der Waals surface area contributed by atoms with E-state index in [0.29, 0.717) is 41.5 Å². The number of nitrogens with zero attached hydrogens (tertiary/aromatic N) is 1. The normalized spacial score (nSPS) is 16.8. The highest BCUT2D eigenvalue weighted by atomic mass is 32.2. The molecule has 38 heavy (non-hydrogen) atoms. The molecule has 11 heteroatoms. The minimum absolute atomic E-state index is 0.262. The van der Waals surface area contributed by atoms with Crippen molar-refractivity contribution in [2.75, 3.05) is 7.11 Å². The van der Waals surface area contributed by atoms with E-state index in [2.05, 4.69) is 9.71 Å². The molecule has 1 aliphatic carbocycles. The molecule has 1 saturated carbocycles. The standard InChI is InChI=1S/C27H25F3N2O4S2/c1-26(33,27(28,29)30)17-12-13-31-21(15-17)19-8-5-6-16-14-23(37-25(16)19)24(32-38(34,35)18-10-11-18)20-7-3-4-9-22(20)36-2/h3-9,12-15,18,24,32-33H,10-11H2,1-2H3/t24-,26+/m0/s1. The fourth-order valence-corrected chi connectivity index (χ4v) is 7.15. The van der Waals surface area contributed by atoms with Gasteiger partial charge < -0.3 is 9.84 Å². The summed E-state index contributed by atoms with van der Waals surface area (Å²) in [6, 6.07) is 16.0. The van der Waals surface area contributed by atoms with Gasteiger partial charge in [-0.3, -0.25) is 4.98 Å². The molecule has 0 bridgehead atoms. The van der Waals surface area contributed by atoms with E-state index >= 15 is 0 Å². The highest BCUT2D eigenvalue weighted by Crippen LogP contribution is 2.43. The van der Waals surface area contributed by atoms with Crippen molar-refractivity contribution in [2.45, 2.75) is 42.8 Å². The highest BCUT2D eigenvalue weighted by molar-refractivity contribution is 7.90. The molecule has 2 aromatic heterocycles. The van der Waals surface area contributed by atoms with Gasteiger partial charge in [0.25, 0.3) is 0 Å². The van der Waals surface area contributed by atoms with Crippen LogP contribution in [0.4, 0.5) is 13.2 Å². The van der Waals surface area contributed by atoms with Crippen molar-refractivity contribution in [3.8, 4) is 17.0 Å². The van der Waals surface area contributed by atoms with Crippen LogP contribution >= 0.6 is 11.3 Å². The molecule has 2 N–H and O–H groups in total. The van der Waals surface area contributed by atoms with Crippen molar-refractivity contribution in [3.05, 3.63) is 82.9 Å². The van der Waals surface area contributed by atoms with Gasteiger partial charge in [0.2, 0.25) is 10.0 Å². The zero-order chi connectivity index (χ0) is 27.3. The first-order valence-electron chi connectivity index (χ1n) is 11.8. The van der Waals surface area contributed by atoms with Gasteiger partial charge in [0.1, 0.15) is 5.75 Å². The average molecular weight is 563 g/mol. The predicted molar refractivity (Wildman–Crippen MR) is 141 cm³/mol. The van der Waals surface area contributed by atoms with E-state index in [4.69, 9.17) is 4.74 Å². The summed E-state index contributed by atoms with van der Waals surface area (Å²) in [4.78, 5) is 4.98. The SMILES string of the molecule is COc1ccccc1[C@H](NS(=O)(=O)C1CC1)c1cc2cccc(-c3cc([C@@](C)(O)C(F)(F)F)ccn3)c2s1. The monoisotopic (exact) mass is 562 g/mol. The molecule has 2 heterocycles. The Labute approximate surface area is 222 Å². The Balaban J connectivity index is 1.63. The van der Waals surface area contributed by atoms with Gasteiger partial charge in [0.15, 0.2) is 5.60 Å². The molecule has 1 fully saturated rings. The van der Waals surface area contributed by atoms with Gasteiger partial charge in [-0.1, -0.05) is 36.4 Å². The van der Waals surface area contributed by atoms with Gasteiger partial charge in [-0.05, 0) is 55.0 Å². The van der Waals surface area contributed by atoms with Crippen LogP contribution in [0, 0.1) is 0 Å². The van der Waals surface area contributed by atoms with Crippen molar-refractivity contribution in [3.63, 3.8) is 0 Å². The molecular formula is C27H25F3N2O4S2. The number of nitrogens with one attached hydrogen (secondary N) is 1. The second-order valence-electron chi connectivity index (χ2n) is 9.41. The van der Waals surface area contributed by atoms with Crippen LogP contribution < -0.4 is 9.46 Å². The molecule has 2 aromatic carbocycles. The van der Waals surface area contributed by atoms with Crippen molar-refractivity contribution in [1.82, 2.24) is 9.71 Å². The second-order valence-corrected chi connectivity index (χ2v) is 12.5. The Morgan fingerprint density at radius 1 is 1.11 bits per heavy atom. The zero-order valence-corrected chi connectivity index (χ0v) is 22.1. The lowest BCUT2D eigenvalue weighted by Crippen LogP contribution is -2.39. The van der Waals surface area contributed by atoms with Crippen LogP contribution in [0.25, 0.3) is 21.3 Å². The number of fused-ring (bicyclic) bond motifs is 1. The number of thiophene rings is 1. The van der Waals surface area contributed by atoms with Crippen molar-refractivity contribution in [1.29, 1.82) is 0 Å². The Morgan fingerprint density at radius 2 is 1.84 bits per heavy atom. The fraction of sp³-hybridized carbons (Fsp3) is 0.296. The van der Waals surface area contributed by atoms with Crippen LogP contribution in [0.5, 0.6) is 5.75 Å². The van der Waals surface area contributed by atoms with Crippen LogP contribution in [0.15, 0.2) is 66.9 Å². The molecule has 0 amide bonds. The number of rotatable bonds is 8. The lowest BCUT2D eigenvalue weighted by Gasteiger charge is -2.26. The van der Waals surface area contributed by atoms with E-state index in [1.807, 2.05) is 12.1 Å². The first-order chi connectivity index (χ1) is 17.9. The fourth-order valence-electron chi connectivity index (χ4n) is 4.29. The first kappa shape index (κ1) is 26.6. The molecule has 0 spiro atoms. The van der Waals surface area contributed by atoms with Crippen molar-refractivity contribution in [2.24, 2.45) is 0 Å². The molecule has 0 radical (unpaired) electrons. The van der Waals surface area contributed by atoms with E-state index in [1.165, 1.54) is 30.7 Å². The number of aliphatic hydroxyl groups is 1. The minimum Gasteiger partial charge on any atom is -0.496 e. The zero-order valence-electron chi connectivity index (χ0n) is 20.5. The smallest absolute Gasteiger partial charge is 0.421 e. The molecule has 2 atom stereocenters. The molecule has 5 rings (SSSR count). The number of aromatic nitrogens is 1. The highest BCUT2D eigenvalue weighted by Gasteiger charge is 2.51. The molecule has 0 saturated heterocycles. The van der Waals surface area contributed by atoms with Gasteiger partial charge in [0.05, 0.1) is 24.1 Å².